The summed E-state index contributed by atoms with van der Waals surface area (Å²) >= 11 is 0. The van der Waals surface area contributed by atoms with Crippen LogP contribution in [0.25, 0.3) is 0 Å². The zero-order chi connectivity index (χ0) is 8.77. The largest absolute Gasteiger partial charge is 0.481 e. The van der Waals surface area contributed by atoms with Crippen LogP contribution in [0.15, 0.2) is 0 Å². The van der Waals surface area contributed by atoms with E-state index in [1.54, 1.807) is 0 Å². The minimum atomic E-state index is -4.51. The summed E-state index contributed by atoms with van der Waals surface area (Å²) < 4.78 is 36.6. The quantitative estimate of drug-likeness (QED) is 0.567. The molecule has 2 saturated carbocycles. The molecule has 0 radical (unpaired) electrons. The summed E-state index contributed by atoms with van der Waals surface area (Å²) in [5.74, 6) is -0.445. The molecule has 0 N–H and O–H groups in total. The molecule has 0 nitrogen and oxygen atoms in total. The number of hydrogen-bond donors (Lipinski definition) is 0. The second kappa shape index (κ2) is 2.67. The van der Waals surface area contributed by atoms with Crippen LogP contribution < -0.4 is 0 Å². The number of rotatable bonds is 2. The van der Waals surface area contributed by atoms with Crippen molar-refractivity contribution in [3.63, 3.8) is 0 Å². The Labute approximate surface area is 70.6 Å². The summed E-state index contributed by atoms with van der Waals surface area (Å²) in [4.78, 5) is 0. The van der Waals surface area contributed by atoms with Crippen LogP contribution >= 0.6 is 0 Å². The van der Waals surface area contributed by atoms with E-state index < -0.39 is 12.8 Å². The maximum atomic E-state index is 12.2. The number of halogens is 3. The fourth-order valence-electron chi connectivity index (χ4n) is 2.60. The zero-order valence-electron chi connectivity index (χ0n) is 6.98. The van der Waals surface area contributed by atoms with Crippen molar-refractivity contribution in [1.82, 2.24) is 0 Å². The molecule has 2 rings (SSSR count). The van der Waals surface area contributed by atoms with Crippen molar-refractivity contribution in [2.45, 2.75) is 37.9 Å². The van der Waals surface area contributed by atoms with Crippen LogP contribution in [-0.4, -0.2) is 6.98 Å². The van der Waals surface area contributed by atoms with Crippen molar-refractivity contribution in [2.24, 2.45) is 11.8 Å². The zero-order valence-corrected chi connectivity index (χ0v) is 6.98. The first-order chi connectivity index (χ1) is 5.59. The van der Waals surface area contributed by atoms with Gasteiger partial charge in [0.1, 0.15) is 0 Å². The van der Waals surface area contributed by atoms with Crippen LogP contribution in [0.1, 0.15) is 32.1 Å². The van der Waals surface area contributed by atoms with Crippen LogP contribution in [0.3, 0.4) is 0 Å². The standard InChI is InChI=1S/C8H13BF3/c10-9(11,12)8-5-7(8)6-3-1-2-4-6/h6-8H,1-5H2/q-1/t7-,8+/m0/s1. The molecule has 2 aliphatic carbocycles. The molecule has 0 aromatic rings. The monoisotopic (exact) mass is 177 g/mol. The van der Waals surface area contributed by atoms with Crippen molar-refractivity contribution in [2.75, 3.05) is 0 Å². The summed E-state index contributed by atoms with van der Waals surface area (Å²) in [6.45, 7) is -4.51. The van der Waals surface area contributed by atoms with Gasteiger partial charge in [-0.3, -0.25) is 0 Å². The van der Waals surface area contributed by atoms with E-state index in [1.807, 2.05) is 0 Å². The van der Waals surface area contributed by atoms with Gasteiger partial charge in [-0.25, -0.2) is 0 Å². The molecule has 12 heavy (non-hydrogen) atoms. The Morgan fingerprint density at radius 1 is 1.00 bits per heavy atom. The fourth-order valence-corrected chi connectivity index (χ4v) is 2.60. The van der Waals surface area contributed by atoms with Gasteiger partial charge in [-0.15, -0.1) is 0 Å². The molecule has 2 atom stereocenters. The third kappa shape index (κ3) is 1.48. The lowest BCUT2D eigenvalue weighted by atomic mass is 9.79. The van der Waals surface area contributed by atoms with Gasteiger partial charge < -0.3 is 12.9 Å². The lowest BCUT2D eigenvalue weighted by Crippen LogP contribution is -2.17. The van der Waals surface area contributed by atoms with Gasteiger partial charge in [0.15, 0.2) is 0 Å². The van der Waals surface area contributed by atoms with Crippen LogP contribution in [0.4, 0.5) is 12.9 Å². The first-order valence-electron chi connectivity index (χ1n) is 4.79. The Hall–Kier alpha value is -0.145. The van der Waals surface area contributed by atoms with Gasteiger partial charge >= 0.3 is 6.98 Å². The van der Waals surface area contributed by atoms with Gasteiger partial charge in [0, 0.05) is 0 Å². The Bertz CT molecular complexity index is 172. The minimum absolute atomic E-state index is 0.0208. The van der Waals surface area contributed by atoms with Crippen molar-refractivity contribution in [3.8, 4) is 0 Å². The molecule has 2 fully saturated rings. The third-order valence-electron chi connectivity index (χ3n) is 3.38. The predicted molar refractivity (Wildman–Crippen MR) is 42.9 cm³/mol. The highest BCUT2D eigenvalue weighted by Gasteiger charge is 2.53. The van der Waals surface area contributed by atoms with E-state index in [1.165, 1.54) is 0 Å². The van der Waals surface area contributed by atoms with E-state index in [9.17, 15) is 12.9 Å². The van der Waals surface area contributed by atoms with Crippen LogP contribution in [0, 0.1) is 11.8 Å². The number of hydrogen-bond acceptors (Lipinski definition) is 0. The van der Waals surface area contributed by atoms with Crippen molar-refractivity contribution >= 4 is 6.98 Å². The van der Waals surface area contributed by atoms with E-state index in [4.69, 9.17) is 0 Å². The van der Waals surface area contributed by atoms with Crippen LogP contribution in [0.2, 0.25) is 5.82 Å². The molecular weight excluding hydrogens is 164 g/mol. The smallest absolute Gasteiger partial charge is 0.449 e. The lowest BCUT2D eigenvalue weighted by molar-refractivity contribution is 0.426. The van der Waals surface area contributed by atoms with Crippen molar-refractivity contribution < 1.29 is 12.9 Å². The molecule has 0 unspecified atom stereocenters. The predicted octanol–water partition coefficient (Wildman–Crippen LogP) is 3.41. The molecule has 0 amide bonds. The molecule has 0 saturated heterocycles. The van der Waals surface area contributed by atoms with E-state index in [-0.39, 0.29) is 5.92 Å². The van der Waals surface area contributed by atoms with Gasteiger partial charge in [-0.05, 0) is 5.92 Å². The van der Waals surface area contributed by atoms with Crippen molar-refractivity contribution in [1.29, 1.82) is 0 Å². The molecule has 2 aliphatic rings. The molecule has 0 aromatic carbocycles. The maximum Gasteiger partial charge on any atom is 0.481 e. The highest BCUT2D eigenvalue weighted by atomic mass is 19.4. The van der Waals surface area contributed by atoms with Crippen molar-refractivity contribution in [3.05, 3.63) is 0 Å². The summed E-state index contributed by atoms with van der Waals surface area (Å²) in [5.41, 5.74) is 0. The maximum absolute atomic E-state index is 12.2. The van der Waals surface area contributed by atoms with Crippen LogP contribution in [-0.2, 0) is 0 Å². The summed E-state index contributed by atoms with van der Waals surface area (Å²) in [6, 6.07) is 0. The van der Waals surface area contributed by atoms with Gasteiger partial charge in [-0.1, -0.05) is 43.8 Å². The average molecular weight is 177 g/mol. The Morgan fingerprint density at radius 2 is 1.58 bits per heavy atom. The van der Waals surface area contributed by atoms with E-state index in [2.05, 4.69) is 0 Å². The second-order valence-corrected chi connectivity index (χ2v) is 4.23. The molecular formula is C8H13BF3-. The summed E-state index contributed by atoms with van der Waals surface area (Å²) in [5, 5.41) is 0. The third-order valence-corrected chi connectivity index (χ3v) is 3.38. The van der Waals surface area contributed by atoms with Gasteiger partial charge in [0.05, 0.1) is 0 Å². The Morgan fingerprint density at radius 3 is 2.00 bits per heavy atom. The minimum Gasteiger partial charge on any atom is -0.449 e. The normalized spacial score (nSPS) is 37.2. The Balaban J connectivity index is 1.87. The molecule has 4 heteroatoms. The van der Waals surface area contributed by atoms with E-state index in [0.29, 0.717) is 12.3 Å². The summed E-state index contributed by atoms with van der Waals surface area (Å²) in [7, 11) is 0. The van der Waals surface area contributed by atoms with Gasteiger partial charge in [0.2, 0.25) is 0 Å². The van der Waals surface area contributed by atoms with Gasteiger partial charge in [-0.2, -0.15) is 0 Å². The second-order valence-electron chi connectivity index (χ2n) is 4.23. The van der Waals surface area contributed by atoms with Crippen LogP contribution in [0.5, 0.6) is 0 Å². The SMILES string of the molecule is F[B-](F)(F)[C@@H]1C[C@H]1C1CCCC1. The lowest BCUT2D eigenvalue weighted by Gasteiger charge is -2.15. The first-order valence-corrected chi connectivity index (χ1v) is 4.79. The molecule has 0 aromatic heterocycles. The molecule has 70 valence electrons. The van der Waals surface area contributed by atoms with Gasteiger partial charge in [0.25, 0.3) is 0 Å². The first kappa shape index (κ1) is 8.45. The van der Waals surface area contributed by atoms with E-state index >= 15 is 0 Å². The highest BCUT2D eigenvalue weighted by Crippen LogP contribution is 2.59. The topological polar surface area (TPSA) is 0 Å². The Kier molecular flexibility index (Phi) is 1.88. The molecule has 0 spiro atoms. The fraction of sp³-hybridized carbons (Fsp3) is 1.00. The van der Waals surface area contributed by atoms with E-state index in [0.717, 1.165) is 25.7 Å². The molecule has 0 aliphatic heterocycles. The average Bonchev–Trinajstić information content (AvgIpc) is 2.60. The molecule has 0 heterocycles. The summed E-state index contributed by atoms with van der Waals surface area (Å²) in [6.07, 6.45) is 4.84. The highest BCUT2D eigenvalue weighted by molar-refractivity contribution is 6.61. The molecule has 0 bridgehead atoms.